The van der Waals surface area contributed by atoms with Crippen molar-refractivity contribution in [1.29, 1.82) is 0 Å². The van der Waals surface area contributed by atoms with E-state index >= 15 is 0 Å². The number of sulfonamides is 1. The second-order valence-corrected chi connectivity index (χ2v) is 17.9. The van der Waals surface area contributed by atoms with Crippen LogP contribution in [0.3, 0.4) is 0 Å². The van der Waals surface area contributed by atoms with E-state index < -0.39 is 74.5 Å². The number of pyridine rings is 1. The highest BCUT2D eigenvalue weighted by atomic mass is 32.2. The number of ether oxygens (including phenoxy) is 2. The van der Waals surface area contributed by atoms with E-state index in [0.29, 0.717) is 42.3 Å². The van der Waals surface area contributed by atoms with E-state index in [1.54, 1.807) is 19.9 Å². The van der Waals surface area contributed by atoms with Gasteiger partial charge < -0.3 is 25.0 Å². The topological polar surface area (TPSA) is 173 Å². The van der Waals surface area contributed by atoms with Crippen LogP contribution in [-0.2, 0) is 42.0 Å². The summed E-state index contributed by atoms with van der Waals surface area (Å²) in [5, 5.41) is 5.54. The van der Waals surface area contributed by atoms with E-state index in [9.17, 15) is 32.0 Å². The summed E-state index contributed by atoms with van der Waals surface area (Å²) in [6.07, 6.45) is 8.65. The van der Waals surface area contributed by atoms with E-state index in [4.69, 9.17) is 14.5 Å². The molecular weight excluding hydrogens is 718 g/mol. The molecule has 0 radical (unpaired) electrons. The molecule has 54 heavy (non-hydrogen) atoms. The molecule has 0 spiro atoms. The minimum Gasteiger partial charge on any atom is -0.487 e. The Labute approximate surface area is 315 Å². The lowest BCUT2D eigenvalue weighted by molar-refractivity contribution is -0.141. The van der Waals surface area contributed by atoms with Crippen LogP contribution in [-0.4, -0.2) is 83.7 Å². The van der Waals surface area contributed by atoms with E-state index in [1.807, 2.05) is 0 Å². The molecule has 1 aromatic carbocycles. The molecule has 13 nitrogen and oxygen atoms in total. The quantitative estimate of drug-likeness (QED) is 0.210. The second-order valence-electron chi connectivity index (χ2n) is 15.9. The van der Waals surface area contributed by atoms with Crippen LogP contribution in [0.5, 0.6) is 5.75 Å². The smallest absolute Gasteiger partial charge is 0.408 e. The van der Waals surface area contributed by atoms with Crippen LogP contribution in [0.1, 0.15) is 95.7 Å². The Bertz CT molecular complexity index is 1950. The van der Waals surface area contributed by atoms with Crippen molar-refractivity contribution in [3.63, 3.8) is 0 Å². The number of aromatic nitrogens is 1. The molecule has 0 bridgehead atoms. The second kappa shape index (κ2) is 15.1. The van der Waals surface area contributed by atoms with Crippen LogP contribution in [0, 0.1) is 17.7 Å². The van der Waals surface area contributed by atoms with Gasteiger partial charge in [-0.05, 0) is 88.7 Å². The normalized spacial score (nSPS) is 26.1. The van der Waals surface area contributed by atoms with Crippen molar-refractivity contribution >= 4 is 44.7 Å². The number of likely N-dealkylation sites (tertiary alicyclic amines) is 1. The summed E-state index contributed by atoms with van der Waals surface area (Å²) in [6, 6.07) is 2.17. The number of amides is 4. The number of carbonyl (C=O) groups excluding carboxylic acids is 4. The Hall–Kier alpha value is -4.27. The number of rotatable bonds is 12. The summed E-state index contributed by atoms with van der Waals surface area (Å²) in [6.45, 7) is 7.33. The fourth-order valence-corrected chi connectivity index (χ4v) is 9.60. The molecule has 2 aromatic rings. The Balaban J connectivity index is 1.18. The van der Waals surface area contributed by atoms with Crippen LogP contribution in [0.4, 0.5) is 9.18 Å². The maximum Gasteiger partial charge on any atom is 0.408 e. The molecule has 292 valence electrons. The molecule has 5 atom stereocenters. The molecule has 1 saturated heterocycles. The molecule has 1 aromatic heterocycles. The largest absolute Gasteiger partial charge is 0.487 e. The summed E-state index contributed by atoms with van der Waals surface area (Å²) >= 11 is 0. The van der Waals surface area contributed by atoms with Gasteiger partial charge in [0.15, 0.2) is 0 Å². The number of nitrogens with one attached hydrogen (secondary N) is 3. The van der Waals surface area contributed by atoms with Crippen molar-refractivity contribution < 1.29 is 41.5 Å². The Kier molecular flexibility index (Phi) is 10.6. The first-order valence-corrected chi connectivity index (χ1v) is 20.9. The van der Waals surface area contributed by atoms with Crippen LogP contribution in [0.15, 0.2) is 30.9 Å². The Morgan fingerprint density at radius 3 is 2.46 bits per heavy atom. The van der Waals surface area contributed by atoms with Crippen molar-refractivity contribution in [1.82, 2.24) is 25.2 Å². The van der Waals surface area contributed by atoms with Gasteiger partial charge >= 0.3 is 6.09 Å². The molecule has 2 unspecified atom stereocenters. The lowest BCUT2D eigenvalue weighted by Gasteiger charge is -2.31. The van der Waals surface area contributed by atoms with Gasteiger partial charge in [-0.25, -0.2) is 17.6 Å². The SMILES string of the molecule is C=CC1CC1(NC(=O)[C@@H]1C[C@@H](Oc2c3c(nc4cc(F)ccc24)CCCCC3)CN1C(=O)[C@@H](NC(=O)OC1CCCC1)C(C)C)C(=O)NS(=O)(=O)C1CC1. The first-order chi connectivity index (χ1) is 25.8. The van der Waals surface area contributed by atoms with Crippen molar-refractivity contribution in [3.05, 3.63) is 47.9 Å². The van der Waals surface area contributed by atoms with Gasteiger partial charge in [0.05, 0.1) is 17.3 Å². The molecule has 4 fully saturated rings. The summed E-state index contributed by atoms with van der Waals surface area (Å²) in [5.74, 6) is -2.81. The Morgan fingerprint density at radius 1 is 1.04 bits per heavy atom. The molecule has 2 heterocycles. The minimum atomic E-state index is -3.91. The van der Waals surface area contributed by atoms with E-state index in [1.165, 1.54) is 23.1 Å². The first kappa shape index (κ1) is 38.0. The average Bonchev–Trinajstić information content (AvgIpc) is 4.02. The maximum atomic E-state index is 14.5. The van der Waals surface area contributed by atoms with Gasteiger partial charge in [0.2, 0.25) is 21.8 Å². The summed E-state index contributed by atoms with van der Waals surface area (Å²) in [5.41, 5.74) is 0.656. The molecule has 4 aliphatic carbocycles. The number of hydrogen-bond donors (Lipinski definition) is 3. The van der Waals surface area contributed by atoms with Gasteiger partial charge in [0, 0.05) is 35.0 Å². The standard InChI is InChI=1S/C39H50FN5O8S/c1-4-23-20-39(23,37(48)44-54(50,51)27-15-16-27)43-35(46)32-19-26(21-45(32)36(47)33(22(2)3)42-38(49)53-25-10-8-9-11-25)52-34-28-12-6-5-7-13-30(28)41-31-18-24(40)14-17-29(31)34/h4,14,17-18,22-23,25-27,32-33H,1,5-13,15-16,19-21H2,2-3H3,(H,42,49)(H,43,46)(H,44,48)/t23?,26-,32+,33+,39?/m1/s1. The number of halogens is 1. The monoisotopic (exact) mass is 767 g/mol. The summed E-state index contributed by atoms with van der Waals surface area (Å²) in [4.78, 5) is 61.6. The number of nitrogens with zero attached hydrogens (tertiary/aromatic N) is 2. The predicted molar refractivity (Wildman–Crippen MR) is 197 cm³/mol. The van der Waals surface area contributed by atoms with Gasteiger partial charge in [0.1, 0.15) is 41.4 Å². The number of benzene rings is 1. The number of aryl methyl sites for hydroxylation is 1. The van der Waals surface area contributed by atoms with Gasteiger partial charge in [-0.2, -0.15) is 0 Å². The van der Waals surface area contributed by atoms with Crippen LogP contribution < -0.4 is 20.1 Å². The zero-order valence-electron chi connectivity index (χ0n) is 30.9. The van der Waals surface area contributed by atoms with Crippen molar-refractivity contribution in [3.8, 4) is 5.75 Å². The number of fused-ring (bicyclic) bond motifs is 2. The summed E-state index contributed by atoms with van der Waals surface area (Å²) in [7, 11) is -3.91. The maximum absolute atomic E-state index is 14.5. The third-order valence-electron chi connectivity index (χ3n) is 11.6. The van der Waals surface area contributed by atoms with E-state index in [-0.39, 0.29) is 31.4 Å². The zero-order valence-corrected chi connectivity index (χ0v) is 31.7. The third kappa shape index (κ3) is 7.78. The molecule has 4 amide bonds. The van der Waals surface area contributed by atoms with Crippen LogP contribution in [0.25, 0.3) is 10.9 Å². The lowest BCUT2D eigenvalue weighted by atomic mass is 10.0. The molecule has 3 saturated carbocycles. The van der Waals surface area contributed by atoms with Gasteiger partial charge in [-0.3, -0.25) is 24.1 Å². The lowest BCUT2D eigenvalue weighted by Crippen LogP contribution is -2.59. The van der Waals surface area contributed by atoms with Crippen LogP contribution >= 0.6 is 0 Å². The van der Waals surface area contributed by atoms with E-state index in [2.05, 4.69) is 21.9 Å². The van der Waals surface area contributed by atoms with Crippen molar-refractivity contribution in [2.45, 2.75) is 132 Å². The highest BCUT2D eigenvalue weighted by Gasteiger charge is 2.62. The molecular formula is C39H50FN5O8S. The highest BCUT2D eigenvalue weighted by molar-refractivity contribution is 7.91. The molecule has 5 aliphatic rings. The average molecular weight is 768 g/mol. The number of hydrogen-bond acceptors (Lipinski definition) is 9. The molecule has 3 N–H and O–H groups in total. The van der Waals surface area contributed by atoms with Crippen molar-refractivity contribution in [2.24, 2.45) is 11.8 Å². The fourth-order valence-electron chi connectivity index (χ4n) is 8.24. The molecule has 1 aliphatic heterocycles. The minimum absolute atomic E-state index is 0.0284. The number of carbonyl (C=O) groups is 4. The number of alkyl carbamates (subject to hydrolysis) is 1. The van der Waals surface area contributed by atoms with Gasteiger partial charge in [-0.1, -0.05) is 26.3 Å². The fraction of sp³-hybridized carbons (Fsp3) is 0.615. The van der Waals surface area contributed by atoms with Gasteiger partial charge in [-0.15, -0.1) is 6.58 Å². The van der Waals surface area contributed by atoms with E-state index in [0.717, 1.165) is 56.2 Å². The third-order valence-corrected chi connectivity index (χ3v) is 13.4. The van der Waals surface area contributed by atoms with Crippen LogP contribution in [0.2, 0.25) is 0 Å². The molecule has 7 rings (SSSR count). The Morgan fingerprint density at radius 2 is 1.78 bits per heavy atom. The highest BCUT2D eigenvalue weighted by Crippen LogP contribution is 2.46. The van der Waals surface area contributed by atoms with Gasteiger partial charge in [0.25, 0.3) is 5.91 Å². The first-order valence-electron chi connectivity index (χ1n) is 19.4. The predicted octanol–water partition coefficient (Wildman–Crippen LogP) is 4.35. The summed E-state index contributed by atoms with van der Waals surface area (Å²) < 4.78 is 54.4. The molecule has 15 heteroatoms. The van der Waals surface area contributed by atoms with Crippen molar-refractivity contribution in [2.75, 3.05) is 6.54 Å². The zero-order chi connectivity index (χ0) is 38.4.